The zero-order chi connectivity index (χ0) is 8.57. The first-order valence-corrected chi connectivity index (χ1v) is 5.28. The third-order valence-corrected chi connectivity index (χ3v) is 1.50. The van der Waals surface area contributed by atoms with E-state index < -0.39 is 16.5 Å². The molecule has 0 heterocycles. The van der Waals surface area contributed by atoms with Crippen LogP contribution in [0.5, 0.6) is 0 Å². The van der Waals surface area contributed by atoms with Crippen molar-refractivity contribution in [2.24, 2.45) is 0 Å². The summed E-state index contributed by atoms with van der Waals surface area (Å²) in [6.45, 7) is 0. The summed E-state index contributed by atoms with van der Waals surface area (Å²) in [6, 6.07) is 0. The maximum Gasteiger partial charge on any atom is 2.00 e. The van der Waals surface area contributed by atoms with Gasteiger partial charge in [-0.1, -0.05) is 0 Å². The third-order valence-electron chi connectivity index (χ3n) is 0.167. The van der Waals surface area contributed by atoms with Crippen molar-refractivity contribution in [1.29, 1.82) is 0 Å². The van der Waals surface area contributed by atoms with Gasteiger partial charge in [0.05, 0.1) is 5.34 Å². The standard InChI is InChI=1S/CH2Cl2.H4O5P2.Pt/c2-1-3;1-6(2)5-7(3)4;/h1H2;6-7H,(H,1,2)(H,3,4);/q;;+2/p-2. The number of hydrogen-bond acceptors (Lipinski definition) is 5. The second-order valence-corrected chi connectivity index (χ2v) is 3.33. The first-order chi connectivity index (χ1) is 4.54. The first kappa shape index (κ1) is 18.4. The summed E-state index contributed by atoms with van der Waals surface area (Å²) in [7, 11) is -7.03. The third kappa shape index (κ3) is 34.1. The van der Waals surface area contributed by atoms with E-state index in [0.717, 1.165) is 0 Å². The van der Waals surface area contributed by atoms with E-state index in [-0.39, 0.29) is 26.4 Å². The molecule has 0 N–H and O–H groups in total. The van der Waals surface area contributed by atoms with Crippen LogP contribution in [0.25, 0.3) is 0 Å². The molecule has 0 fully saturated rings. The molecule has 0 aliphatic rings. The molecule has 0 aromatic rings. The van der Waals surface area contributed by atoms with Crippen molar-refractivity contribution in [3.05, 3.63) is 0 Å². The Hall–Kier alpha value is 1.61. The van der Waals surface area contributed by atoms with E-state index in [1.807, 2.05) is 0 Å². The van der Waals surface area contributed by atoms with Gasteiger partial charge in [-0.3, -0.25) is 4.31 Å². The van der Waals surface area contributed by atoms with Crippen LogP contribution in [0.4, 0.5) is 0 Å². The molecule has 11 heavy (non-hydrogen) atoms. The fourth-order valence-corrected chi connectivity index (χ4v) is 0.612. The largest absolute Gasteiger partial charge is 2.00 e. The molecule has 0 amide bonds. The van der Waals surface area contributed by atoms with Gasteiger partial charge in [0.25, 0.3) is 0 Å². The molecule has 0 bridgehead atoms. The maximum absolute atomic E-state index is 9.29. The van der Waals surface area contributed by atoms with E-state index in [1.54, 1.807) is 0 Å². The van der Waals surface area contributed by atoms with E-state index in [9.17, 15) is 18.9 Å². The summed E-state index contributed by atoms with van der Waals surface area (Å²) < 4.78 is 21.8. The molecular formula is CH4Cl2O5P2Pt. The summed E-state index contributed by atoms with van der Waals surface area (Å²) in [4.78, 5) is 18.6. The zero-order valence-electron chi connectivity index (χ0n) is 4.82. The summed E-state index contributed by atoms with van der Waals surface area (Å²) in [5.41, 5.74) is 0. The summed E-state index contributed by atoms with van der Waals surface area (Å²) >= 11 is 9.53. The van der Waals surface area contributed by atoms with Crippen molar-refractivity contribution in [3.8, 4) is 0 Å². The fourth-order valence-electron chi connectivity index (χ4n) is 0.0680. The van der Waals surface area contributed by atoms with Crippen LogP contribution in [0.1, 0.15) is 0 Å². The average molecular weight is 424 g/mol. The number of halogens is 2. The predicted octanol–water partition coefficient (Wildman–Crippen LogP) is -0.0780. The van der Waals surface area contributed by atoms with Crippen molar-refractivity contribution < 1.29 is 44.3 Å². The molecule has 0 saturated heterocycles. The smallest absolute Gasteiger partial charge is 0.781 e. The molecule has 0 aliphatic carbocycles. The fraction of sp³-hybridized carbons (Fsp3) is 1.00. The SMILES string of the molecule is ClCCl.O=[PH]([O-])O[PH](=O)[O-].[Pt+2]. The van der Waals surface area contributed by atoms with E-state index in [2.05, 4.69) is 4.31 Å². The molecule has 2 atom stereocenters. The Morgan fingerprint density at radius 3 is 1.36 bits per heavy atom. The molecular weight excluding hydrogens is 420 g/mol. The zero-order valence-corrected chi connectivity index (χ0v) is 10.6. The maximum atomic E-state index is 9.29. The molecule has 5 nitrogen and oxygen atoms in total. The minimum atomic E-state index is -3.51. The summed E-state index contributed by atoms with van der Waals surface area (Å²) in [5, 5.41) is 0.194. The second-order valence-electron chi connectivity index (χ2n) is 0.703. The molecule has 0 spiro atoms. The summed E-state index contributed by atoms with van der Waals surface area (Å²) in [6.07, 6.45) is 0. The van der Waals surface area contributed by atoms with Gasteiger partial charge >= 0.3 is 21.1 Å². The van der Waals surface area contributed by atoms with Crippen LogP contribution in [0.15, 0.2) is 0 Å². The number of rotatable bonds is 2. The first-order valence-electron chi connectivity index (χ1n) is 1.76. The van der Waals surface area contributed by atoms with Crippen LogP contribution >= 0.6 is 39.7 Å². The van der Waals surface area contributed by atoms with Crippen LogP contribution in [0.2, 0.25) is 0 Å². The van der Waals surface area contributed by atoms with Crippen molar-refractivity contribution in [3.63, 3.8) is 0 Å². The quantitative estimate of drug-likeness (QED) is 0.458. The molecule has 2 unspecified atom stereocenters. The Morgan fingerprint density at radius 1 is 1.18 bits per heavy atom. The van der Waals surface area contributed by atoms with Crippen LogP contribution in [-0.4, -0.2) is 5.34 Å². The molecule has 72 valence electrons. The molecule has 0 aliphatic heterocycles. The van der Waals surface area contributed by atoms with Crippen LogP contribution in [0, 0.1) is 0 Å². The molecule has 0 rings (SSSR count). The van der Waals surface area contributed by atoms with Crippen molar-refractivity contribution in [2.45, 2.75) is 0 Å². The van der Waals surface area contributed by atoms with Gasteiger partial charge in [-0.25, -0.2) is 0 Å². The van der Waals surface area contributed by atoms with Gasteiger partial charge in [0.1, 0.15) is 16.5 Å². The van der Waals surface area contributed by atoms with Crippen molar-refractivity contribution in [2.75, 3.05) is 5.34 Å². The summed E-state index contributed by atoms with van der Waals surface area (Å²) in [5.74, 6) is 0. The molecule has 0 aromatic heterocycles. The number of alkyl halides is 2. The molecule has 0 radical (unpaired) electrons. The van der Waals surface area contributed by atoms with E-state index in [1.165, 1.54) is 0 Å². The number of hydrogen-bond donors (Lipinski definition) is 0. The van der Waals surface area contributed by atoms with Crippen LogP contribution in [0.3, 0.4) is 0 Å². The van der Waals surface area contributed by atoms with Gasteiger partial charge in [0.15, 0.2) is 0 Å². The van der Waals surface area contributed by atoms with E-state index in [4.69, 9.17) is 23.2 Å². The minimum Gasteiger partial charge on any atom is -0.781 e. The molecule has 10 heteroatoms. The monoisotopic (exact) mass is 423 g/mol. The Kier molecular flexibility index (Phi) is 23.7. The van der Waals surface area contributed by atoms with E-state index >= 15 is 0 Å². The molecule has 0 saturated carbocycles. The normalized spacial score (nSPS) is 13.5. The minimum absolute atomic E-state index is 0. The second kappa shape index (κ2) is 14.2. The van der Waals surface area contributed by atoms with Gasteiger partial charge in [0.2, 0.25) is 0 Å². The van der Waals surface area contributed by atoms with Crippen molar-refractivity contribution >= 4 is 39.7 Å². The Labute approximate surface area is 89.2 Å². The Morgan fingerprint density at radius 2 is 1.36 bits per heavy atom. The van der Waals surface area contributed by atoms with Gasteiger partial charge in [-0.2, -0.15) is 0 Å². The topological polar surface area (TPSA) is 89.5 Å². The van der Waals surface area contributed by atoms with Gasteiger partial charge < -0.3 is 18.9 Å². The average Bonchev–Trinajstić information content (AvgIpc) is 1.62. The van der Waals surface area contributed by atoms with Gasteiger partial charge in [-0.15, -0.1) is 23.2 Å². The van der Waals surface area contributed by atoms with Crippen LogP contribution in [-0.2, 0) is 34.5 Å². The molecule has 0 aromatic carbocycles. The van der Waals surface area contributed by atoms with Gasteiger partial charge in [0, 0.05) is 0 Å². The Bertz CT molecular complexity index is 109. The van der Waals surface area contributed by atoms with E-state index in [0.29, 0.717) is 0 Å². The van der Waals surface area contributed by atoms with Crippen LogP contribution < -0.4 is 9.79 Å². The predicted molar refractivity (Wildman–Crippen MR) is 35.7 cm³/mol. The van der Waals surface area contributed by atoms with Gasteiger partial charge in [-0.05, 0) is 0 Å². The van der Waals surface area contributed by atoms with Crippen molar-refractivity contribution in [1.82, 2.24) is 0 Å². The Balaban J connectivity index is -0.000000140.